The number of hydrogen-bond donors (Lipinski definition) is 0. The zero-order valence-corrected chi connectivity index (χ0v) is 33.5. The first-order valence-electron chi connectivity index (χ1n) is 18.4. The Morgan fingerprint density at radius 1 is 0.638 bits per heavy atom. The summed E-state index contributed by atoms with van der Waals surface area (Å²) in [5, 5.41) is 39.8. The number of thiophene rings is 1. The molecule has 0 saturated heterocycles. The molecule has 8 heteroatoms. The fourth-order valence-electron chi connectivity index (χ4n) is 8.01. The summed E-state index contributed by atoms with van der Waals surface area (Å²) in [6.45, 7) is 11.3. The predicted octanol–water partition coefficient (Wildman–Crippen LogP) is 12.5. The molecular formula is C50H32N6S2. The highest BCUT2D eigenvalue weighted by Gasteiger charge is 2.33. The molecule has 6 nitrogen and oxygen atoms in total. The van der Waals surface area contributed by atoms with Crippen LogP contribution in [0.4, 0.5) is 0 Å². The van der Waals surface area contributed by atoms with Crippen LogP contribution in [0.1, 0.15) is 57.7 Å². The Kier molecular flexibility index (Phi) is 9.84. The molecule has 0 atom stereocenters. The minimum atomic E-state index is -0.358. The Hall–Kier alpha value is -7.46. The van der Waals surface area contributed by atoms with Crippen LogP contribution in [0.3, 0.4) is 0 Å². The maximum Gasteiger partial charge on any atom is 0.138 e. The molecule has 274 valence electrons. The van der Waals surface area contributed by atoms with E-state index < -0.39 is 0 Å². The lowest BCUT2D eigenvalue weighted by Crippen LogP contribution is -2.22. The van der Waals surface area contributed by atoms with Crippen LogP contribution >= 0.6 is 23.1 Å². The van der Waals surface area contributed by atoms with Crippen LogP contribution in [0.2, 0.25) is 0 Å². The molecule has 8 rings (SSSR count). The van der Waals surface area contributed by atoms with E-state index in [4.69, 9.17) is 8.75 Å². The van der Waals surface area contributed by atoms with Crippen molar-refractivity contribution in [1.29, 1.82) is 21.0 Å². The van der Waals surface area contributed by atoms with E-state index in [0.29, 0.717) is 27.8 Å². The monoisotopic (exact) mass is 780 g/mol. The van der Waals surface area contributed by atoms with E-state index in [1.165, 1.54) is 34.2 Å². The van der Waals surface area contributed by atoms with Gasteiger partial charge in [0.1, 0.15) is 46.5 Å². The fourth-order valence-corrected chi connectivity index (χ4v) is 9.56. The summed E-state index contributed by atoms with van der Waals surface area (Å²) >= 11 is 2.68. The first-order valence-corrected chi connectivity index (χ1v) is 20.0. The summed E-state index contributed by atoms with van der Waals surface area (Å²) in [6, 6.07) is 48.9. The third kappa shape index (κ3) is 6.34. The minimum Gasteiger partial charge on any atom is -0.192 e. The van der Waals surface area contributed by atoms with Crippen LogP contribution in [0.5, 0.6) is 0 Å². The third-order valence-electron chi connectivity index (χ3n) is 10.8. The number of hydrogen-bond acceptors (Lipinski definition) is 8. The molecule has 1 aliphatic carbocycles. The molecule has 7 aromatic rings. The second kappa shape index (κ2) is 15.2. The summed E-state index contributed by atoms with van der Waals surface area (Å²) in [5.74, 6) is 0. The Balaban J connectivity index is 1.24. The van der Waals surface area contributed by atoms with Gasteiger partial charge in [-0.15, -0.1) is 11.3 Å². The first-order chi connectivity index (χ1) is 28.2. The smallest absolute Gasteiger partial charge is 0.138 e. The van der Waals surface area contributed by atoms with E-state index in [1.54, 1.807) is 12.1 Å². The number of nitrogens with zero attached hydrogens (tertiary/aromatic N) is 6. The van der Waals surface area contributed by atoms with Gasteiger partial charge in [0, 0.05) is 37.4 Å². The number of nitriles is 4. The molecule has 0 unspecified atom stereocenters. The molecule has 0 bridgehead atoms. The van der Waals surface area contributed by atoms with Gasteiger partial charge in [-0.25, -0.2) is 0 Å². The molecule has 5 aromatic carbocycles. The van der Waals surface area contributed by atoms with Crippen molar-refractivity contribution in [3.63, 3.8) is 0 Å². The third-order valence-corrected chi connectivity index (χ3v) is 12.4. The molecule has 0 N–H and O–H groups in total. The number of benzene rings is 5. The Morgan fingerprint density at radius 3 is 1.86 bits per heavy atom. The van der Waals surface area contributed by atoms with Crippen LogP contribution in [0.15, 0.2) is 145 Å². The fraction of sp³-hybridized carbons (Fsp3) is 0.0800. The predicted molar refractivity (Wildman–Crippen MR) is 235 cm³/mol. The topological polar surface area (TPSA) is 121 Å². The molecule has 58 heavy (non-hydrogen) atoms. The summed E-state index contributed by atoms with van der Waals surface area (Å²) in [5.41, 5.74) is 13.3. The second-order valence-corrected chi connectivity index (χ2v) is 16.1. The van der Waals surface area contributed by atoms with E-state index >= 15 is 0 Å². The van der Waals surface area contributed by atoms with Crippen molar-refractivity contribution in [2.24, 2.45) is 0 Å². The van der Waals surface area contributed by atoms with Crippen LogP contribution in [-0.4, -0.2) is 8.75 Å². The lowest BCUT2D eigenvalue weighted by molar-refractivity contribution is 0.634. The quantitative estimate of drug-likeness (QED) is 0.148. The van der Waals surface area contributed by atoms with Crippen molar-refractivity contribution in [2.75, 3.05) is 0 Å². The number of rotatable bonds is 7. The van der Waals surface area contributed by atoms with Crippen molar-refractivity contribution < 1.29 is 0 Å². The largest absolute Gasteiger partial charge is 0.192 e. The van der Waals surface area contributed by atoms with Crippen molar-refractivity contribution >= 4 is 56.9 Å². The Bertz CT molecular complexity index is 3000. The van der Waals surface area contributed by atoms with Gasteiger partial charge in [-0.3, -0.25) is 0 Å². The number of aryl methyl sites for hydroxylation is 1. The van der Waals surface area contributed by atoms with Gasteiger partial charge >= 0.3 is 0 Å². The Labute approximate surface area is 345 Å². The molecule has 2 aromatic heterocycles. The van der Waals surface area contributed by atoms with E-state index in [2.05, 4.69) is 94.1 Å². The molecule has 0 radical (unpaired) electrons. The summed E-state index contributed by atoms with van der Waals surface area (Å²) < 4.78 is 9.63. The number of aromatic nitrogens is 2. The molecule has 0 fully saturated rings. The number of allylic oxidation sites excluding steroid dienone is 5. The van der Waals surface area contributed by atoms with Gasteiger partial charge in [0.05, 0.1) is 11.7 Å². The van der Waals surface area contributed by atoms with Crippen LogP contribution in [0.25, 0.3) is 55.4 Å². The van der Waals surface area contributed by atoms with Gasteiger partial charge in [0.25, 0.3) is 0 Å². The molecule has 0 saturated carbocycles. The molecule has 2 heterocycles. The lowest BCUT2D eigenvalue weighted by atomic mass is 9.72. The highest BCUT2D eigenvalue weighted by molar-refractivity contribution is 7.16. The molecule has 1 aliphatic rings. The van der Waals surface area contributed by atoms with Crippen LogP contribution < -0.4 is 0 Å². The molecule has 0 spiro atoms. The average Bonchev–Trinajstić information content (AvgIpc) is 4.01. The van der Waals surface area contributed by atoms with Crippen molar-refractivity contribution in [3.8, 4) is 45.8 Å². The zero-order valence-electron chi connectivity index (χ0n) is 31.8. The van der Waals surface area contributed by atoms with Crippen molar-refractivity contribution in [1.82, 2.24) is 8.75 Å². The van der Waals surface area contributed by atoms with Crippen molar-refractivity contribution in [3.05, 3.63) is 188 Å². The summed E-state index contributed by atoms with van der Waals surface area (Å²) in [7, 11) is 0. The zero-order chi connectivity index (χ0) is 40.6. The molecular weight excluding hydrogens is 749 g/mol. The van der Waals surface area contributed by atoms with E-state index in [0.717, 1.165) is 59.7 Å². The van der Waals surface area contributed by atoms with Gasteiger partial charge in [-0.1, -0.05) is 124 Å². The van der Waals surface area contributed by atoms with Gasteiger partial charge in [-0.05, 0) is 86.9 Å². The summed E-state index contributed by atoms with van der Waals surface area (Å²) in [6.07, 6.45) is 1.86. The molecule has 0 amide bonds. The van der Waals surface area contributed by atoms with E-state index in [1.807, 2.05) is 72.8 Å². The van der Waals surface area contributed by atoms with E-state index in [-0.39, 0.29) is 16.6 Å². The lowest BCUT2D eigenvalue weighted by Gasteiger charge is -2.31. The normalized spacial score (nSPS) is 11.9. The van der Waals surface area contributed by atoms with E-state index in [9.17, 15) is 21.0 Å². The average molecular weight is 781 g/mol. The van der Waals surface area contributed by atoms with Gasteiger partial charge < -0.3 is 0 Å². The standard InChI is InChI=1S/C50H32N6S2/c1-30-12-8-11-17-43(30)50(3,4)44-24-33(18-20-37(44)31(2)32-13-6-5-7-14-32)38-21-22-41(49-48(38)55-58-56-49)45-23-19-36(57-45)25-42-46(34(26-51)27-52)39-15-9-10-16-40(39)47(42)35(28-53)29-54/h5-25H,2H2,1,3-4H3. The van der Waals surface area contributed by atoms with Crippen LogP contribution in [-0.2, 0) is 5.41 Å². The highest BCUT2D eigenvalue weighted by Crippen LogP contribution is 2.50. The second-order valence-electron chi connectivity index (χ2n) is 14.4. The first kappa shape index (κ1) is 37.5. The van der Waals surface area contributed by atoms with Gasteiger partial charge in [0.2, 0.25) is 0 Å². The summed E-state index contributed by atoms with van der Waals surface area (Å²) in [4.78, 5) is 1.76. The van der Waals surface area contributed by atoms with Crippen molar-refractivity contribution in [2.45, 2.75) is 26.2 Å². The Morgan fingerprint density at radius 2 is 1.22 bits per heavy atom. The maximum absolute atomic E-state index is 9.96. The van der Waals surface area contributed by atoms with Gasteiger partial charge in [-0.2, -0.15) is 29.8 Å². The maximum atomic E-state index is 9.96. The van der Waals surface area contributed by atoms with Crippen LogP contribution in [0, 0.1) is 52.2 Å². The van der Waals surface area contributed by atoms with Gasteiger partial charge in [0.15, 0.2) is 0 Å². The highest BCUT2D eigenvalue weighted by atomic mass is 32.1. The number of fused-ring (bicyclic) bond motifs is 2. The molecule has 0 aliphatic heterocycles. The SMILES string of the molecule is C=C(c1ccccc1)c1ccc(-c2ccc(-c3ccc(C=C4C(=C(C#N)C#N)c5ccccc5C4=C(C#N)C#N)s3)c3nsnc23)cc1C(C)(C)c1ccccc1C. The minimum absolute atomic E-state index is 0.0885.